The van der Waals surface area contributed by atoms with Crippen LogP contribution < -0.4 is 3.32 Å². The first-order chi connectivity index (χ1) is 8.86. The Morgan fingerprint density at radius 1 is 1.19 bits per heavy atom. The summed E-state index contributed by atoms with van der Waals surface area (Å²) in [5.41, 5.74) is 1.26. The molecule has 5 heteroatoms. The van der Waals surface area contributed by atoms with Gasteiger partial charge in [-0.1, -0.05) is 0 Å². The van der Waals surface area contributed by atoms with Crippen molar-refractivity contribution >= 4 is 41.2 Å². The second-order valence-corrected chi connectivity index (χ2v) is 8.85. The van der Waals surface area contributed by atoms with E-state index < -0.39 is 17.8 Å². The summed E-state index contributed by atoms with van der Waals surface area (Å²) in [5, 5.41) is 0.729. The summed E-state index contributed by atoms with van der Waals surface area (Å²) >= 11 is 4.32. The van der Waals surface area contributed by atoms with Crippen LogP contribution in [0.5, 0.6) is 5.75 Å². The van der Waals surface area contributed by atoms with Gasteiger partial charge in [-0.25, -0.2) is 0 Å². The second kappa shape index (κ2) is 8.55. The van der Waals surface area contributed by atoms with Gasteiger partial charge in [0.05, 0.1) is 0 Å². The van der Waals surface area contributed by atoms with Crippen molar-refractivity contribution in [3.05, 3.63) is 50.9 Å². The van der Waals surface area contributed by atoms with Gasteiger partial charge < -0.3 is 0 Å². The number of allylic oxidation sites excluding steroid dienone is 4. The number of hydrogen-bond donors (Lipinski definition) is 0. The Morgan fingerprint density at radius 3 is 2.38 bits per heavy atom. The number of benzene rings is 1. The average molecular weight is 384 g/mol. The molecule has 0 N–H and O–H groups in total. The van der Waals surface area contributed by atoms with Crippen LogP contribution in [0.4, 0.5) is 0 Å². The third kappa shape index (κ3) is 5.92. The Bertz CT molecular complexity index is 571. The van der Waals surface area contributed by atoms with Crippen molar-refractivity contribution in [2.75, 3.05) is 0 Å². The molecule has 2 rings (SSSR count). The Kier molecular flexibility index (Phi) is 8.53. The van der Waals surface area contributed by atoms with E-state index in [-0.39, 0.29) is 30.2 Å². The fourth-order valence-electron chi connectivity index (χ4n) is 1.92. The summed E-state index contributed by atoms with van der Waals surface area (Å²) in [7, 11) is 0. The molecule has 116 valence electrons. The fourth-order valence-corrected chi connectivity index (χ4v) is 3.95. The Hall–Kier alpha value is -0.0457. The number of halogens is 3. The first-order valence-electron chi connectivity index (χ1n) is 6.40. The Morgan fingerprint density at radius 2 is 1.86 bits per heavy atom. The molecule has 1 aromatic rings. The van der Waals surface area contributed by atoms with E-state index in [0.717, 1.165) is 17.2 Å². The molecule has 21 heavy (non-hydrogen) atoms. The summed E-state index contributed by atoms with van der Waals surface area (Å²) in [6.45, 7) is 6.52. The zero-order chi connectivity index (χ0) is 14.0. The molecule has 1 aromatic carbocycles. The van der Waals surface area contributed by atoms with Crippen LogP contribution in [-0.4, -0.2) is 4.82 Å². The Balaban J connectivity index is 0.00000200. The standard InChI is InChI=1S/C10H13ClO.C5H5.CH2.2ClH.Ti/c1-10(2,3)7-4-8(11)6-9(12)5-7;1-2-4-5-3-1;;;;/h4-6,12H,1-3H3;1-3H,4H2;1H2;2*1H;/q;;;;;+1/p-1. The van der Waals surface area contributed by atoms with Gasteiger partial charge in [-0.15, -0.1) is 24.8 Å². The summed E-state index contributed by atoms with van der Waals surface area (Å²) in [6.07, 6.45) is 7.36. The first-order valence-corrected chi connectivity index (χ1v) is 9.30. The van der Waals surface area contributed by atoms with Crippen molar-refractivity contribution in [3.8, 4) is 5.75 Å². The van der Waals surface area contributed by atoms with Crippen LogP contribution in [0.1, 0.15) is 32.8 Å². The van der Waals surface area contributed by atoms with Crippen molar-refractivity contribution in [3.63, 3.8) is 0 Å². The quantitative estimate of drug-likeness (QED) is 0.611. The summed E-state index contributed by atoms with van der Waals surface area (Å²) < 4.78 is 7.44. The minimum absolute atomic E-state index is 0. The van der Waals surface area contributed by atoms with Crippen molar-refractivity contribution in [2.24, 2.45) is 0 Å². The molecule has 0 heterocycles. The predicted octanol–water partition coefficient (Wildman–Crippen LogP) is 5.67. The van der Waals surface area contributed by atoms with Crippen LogP contribution in [0, 0.1) is 0 Å². The maximum absolute atomic E-state index is 6.19. The molecule has 0 atom stereocenters. The third-order valence-corrected chi connectivity index (χ3v) is 5.78. The van der Waals surface area contributed by atoms with E-state index in [0.29, 0.717) is 0 Å². The van der Waals surface area contributed by atoms with E-state index in [1.165, 1.54) is 9.44 Å². The van der Waals surface area contributed by atoms with Gasteiger partial charge in [0, 0.05) is 0 Å². The van der Waals surface area contributed by atoms with Crippen molar-refractivity contribution < 1.29 is 21.1 Å². The average Bonchev–Trinajstić information content (AvgIpc) is 2.80. The van der Waals surface area contributed by atoms with Crippen LogP contribution >= 0.6 is 36.4 Å². The molecule has 0 saturated carbocycles. The summed E-state index contributed by atoms with van der Waals surface area (Å²) in [4.78, 5) is 4.23. The topological polar surface area (TPSA) is 9.23 Å². The minimum atomic E-state index is -1.87. The van der Waals surface area contributed by atoms with Gasteiger partial charge in [0.15, 0.2) is 0 Å². The van der Waals surface area contributed by atoms with Crippen LogP contribution in [0.2, 0.25) is 5.02 Å². The molecular formula is C16H21Cl3OTi. The Labute approximate surface area is 151 Å². The molecule has 0 unspecified atom stereocenters. The molecule has 1 aliphatic carbocycles. The van der Waals surface area contributed by atoms with E-state index in [4.69, 9.17) is 14.9 Å². The molecule has 0 saturated heterocycles. The second-order valence-electron chi connectivity index (χ2n) is 5.78. The molecule has 1 nitrogen and oxygen atoms in total. The van der Waals surface area contributed by atoms with Crippen LogP contribution in [0.15, 0.2) is 40.3 Å². The summed E-state index contributed by atoms with van der Waals surface area (Å²) in [5.74, 6) is 0.857. The molecule has 0 aromatic heterocycles. The maximum atomic E-state index is 6.19. The van der Waals surface area contributed by atoms with Crippen molar-refractivity contribution in [2.45, 2.75) is 32.6 Å². The van der Waals surface area contributed by atoms with Crippen LogP contribution in [0.25, 0.3) is 0 Å². The van der Waals surface area contributed by atoms with E-state index in [1.807, 2.05) is 12.1 Å². The van der Waals surface area contributed by atoms with Gasteiger partial charge in [0.1, 0.15) is 0 Å². The van der Waals surface area contributed by atoms with Gasteiger partial charge in [-0.3, -0.25) is 0 Å². The molecule has 0 fully saturated rings. The van der Waals surface area contributed by atoms with E-state index in [9.17, 15) is 0 Å². The fraction of sp³-hybridized carbons (Fsp3) is 0.312. The van der Waals surface area contributed by atoms with Gasteiger partial charge in [0.2, 0.25) is 0 Å². The van der Waals surface area contributed by atoms with Crippen molar-refractivity contribution in [1.82, 2.24) is 0 Å². The summed E-state index contributed by atoms with van der Waals surface area (Å²) in [6, 6.07) is 5.98. The third-order valence-electron chi connectivity index (χ3n) is 3.11. The number of hydrogen-bond acceptors (Lipinski definition) is 1. The molecule has 0 amide bonds. The number of rotatable bonds is 3. The molecular weight excluding hydrogens is 362 g/mol. The molecule has 0 aliphatic heterocycles. The SMILES string of the molecule is Cl.Cl.[CH2]=[Ti]([O]c1cc(Cl)cc(C(C)(C)C)c1)[C]1=CC=CC1. The molecule has 0 radical (unpaired) electrons. The van der Waals surface area contributed by atoms with E-state index in [1.54, 1.807) is 0 Å². The zero-order valence-electron chi connectivity index (χ0n) is 12.5. The monoisotopic (exact) mass is 382 g/mol. The zero-order valence-corrected chi connectivity index (χ0v) is 16.4. The van der Waals surface area contributed by atoms with E-state index >= 15 is 0 Å². The van der Waals surface area contributed by atoms with Crippen molar-refractivity contribution in [1.29, 1.82) is 0 Å². The van der Waals surface area contributed by atoms with Crippen LogP contribution in [-0.2, 0) is 23.2 Å². The van der Waals surface area contributed by atoms with Crippen LogP contribution in [0.3, 0.4) is 0 Å². The molecule has 1 aliphatic rings. The van der Waals surface area contributed by atoms with Gasteiger partial charge in [0.25, 0.3) is 0 Å². The van der Waals surface area contributed by atoms with Gasteiger partial charge >= 0.3 is 127 Å². The molecule has 0 spiro atoms. The van der Waals surface area contributed by atoms with Gasteiger partial charge in [-0.2, -0.15) is 0 Å². The first kappa shape index (κ1) is 21.0. The predicted molar refractivity (Wildman–Crippen MR) is 94.2 cm³/mol. The normalized spacial score (nSPS) is 13.0. The molecule has 0 bridgehead atoms. The van der Waals surface area contributed by atoms with E-state index in [2.05, 4.69) is 49.9 Å². The van der Waals surface area contributed by atoms with Gasteiger partial charge in [-0.05, 0) is 0 Å².